The van der Waals surface area contributed by atoms with Crippen LogP contribution in [0.4, 0.5) is 0 Å². The smallest absolute Gasteiger partial charge is 0.339 e. The lowest BCUT2D eigenvalue weighted by molar-refractivity contribution is 0.0487. The van der Waals surface area contributed by atoms with E-state index in [1.165, 1.54) is 57.4 Å². The van der Waals surface area contributed by atoms with Crippen molar-refractivity contribution in [2.24, 2.45) is 0 Å². The van der Waals surface area contributed by atoms with E-state index in [9.17, 15) is 14.7 Å². The molecule has 39 heavy (non-hydrogen) atoms. The van der Waals surface area contributed by atoms with Gasteiger partial charge in [-0.1, -0.05) is 102 Å². The van der Waals surface area contributed by atoms with Gasteiger partial charge in [-0.05, 0) is 61.2 Å². The van der Waals surface area contributed by atoms with Crippen molar-refractivity contribution >= 4 is 34.4 Å². The molecule has 5 nitrogen and oxygen atoms in total. The molecule has 1 N–H and O–H groups in total. The molecule has 3 rings (SSSR count). The summed E-state index contributed by atoms with van der Waals surface area (Å²) in [6.45, 7) is 4.74. The van der Waals surface area contributed by atoms with E-state index in [0.717, 1.165) is 53.6 Å². The molecule has 6 heteroatoms. The second-order valence-electron chi connectivity index (χ2n) is 9.95. The minimum atomic E-state index is -1.09. The van der Waals surface area contributed by atoms with E-state index in [-0.39, 0.29) is 11.1 Å². The van der Waals surface area contributed by atoms with Crippen LogP contribution in [0.2, 0.25) is 5.02 Å². The number of pyridine rings is 1. The van der Waals surface area contributed by atoms with Gasteiger partial charge in [0.1, 0.15) is 0 Å². The van der Waals surface area contributed by atoms with E-state index in [2.05, 4.69) is 18.8 Å². The van der Waals surface area contributed by atoms with E-state index in [1.54, 1.807) is 12.3 Å². The van der Waals surface area contributed by atoms with Crippen LogP contribution in [0.5, 0.6) is 0 Å². The van der Waals surface area contributed by atoms with E-state index >= 15 is 0 Å². The van der Waals surface area contributed by atoms with Crippen LogP contribution in [-0.4, -0.2) is 28.6 Å². The second-order valence-corrected chi connectivity index (χ2v) is 10.4. The van der Waals surface area contributed by atoms with Crippen molar-refractivity contribution in [3.63, 3.8) is 0 Å². The lowest BCUT2D eigenvalue weighted by atomic mass is 9.99. The highest BCUT2D eigenvalue weighted by molar-refractivity contribution is 6.31. The molecule has 0 aliphatic heterocycles. The fourth-order valence-corrected chi connectivity index (χ4v) is 4.56. The van der Waals surface area contributed by atoms with E-state index in [1.807, 2.05) is 36.4 Å². The number of aryl methyl sites for hydroxylation is 1. The number of carbonyl (C=O) groups excluding carboxylic acids is 1. The first-order valence-electron chi connectivity index (χ1n) is 14.5. The highest BCUT2D eigenvalue weighted by Crippen LogP contribution is 2.18. The number of carboxylic acid groups (broad SMARTS) is 1. The van der Waals surface area contributed by atoms with E-state index in [0.29, 0.717) is 6.61 Å². The maximum absolute atomic E-state index is 12.4. The summed E-state index contributed by atoms with van der Waals surface area (Å²) >= 11 is 5.79. The summed E-state index contributed by atoms with van der Waals surface area (Å²) in [6.07, 6.45) is 16.6. The Labute approximate surface area is 238 Å². The third kappa shape index (κ3) is 12.7. The monoisotopic (exact) mass is 553 g/mol. The number of fused-ring (bicyclic) bond motifs is 1. The highest BCUT2D eigenvalue weighted by atomic mass is 35.5. The summed E-state index contributed by atoms with van der Waals surface area (Å²) in [6, 6.07) is 14.6. The molecule has 0 saturated heterocycles. The van der Waals surface area contributed by atoms with Gasteiger partial charge in [0.2, 0.25) is 0 Å². The Morgan fingerprint density at radius 2 is 1.46 bits per heavy atom. The summed E-state index contributed by atoms with van der Waals surface area (Å²) < 4.78 is 5.35. The number of esters is 1. The van der Waals surface area contributed by atoms with Crippen molar-refractivity contribution in [2.75, 3.05) is 6.61 Å². The first kappa shape index (κ1) is 32.3. The predicted molar refractivity (Wildman–Crippen MR) is 161 cm³/mol. The zero-order valence-corrected chi connectivity index (χ0v) is 24.3. The Morgan fingerprint density at radius 3 is 2.15 bits per heavy atom. The minimum absolute atomic E-state index is 0.0274. The summed E-state index contributed by atoms with van der Waals surface area (Å²) in [4.78, 5) is 28.1. The van der Waals surface area contributed by atoms with Gasteiger partial charge in [0.15, 0.2) is 0 Å². The molecule has 2 aromatic carbocycles. The van der Waals surface area contributed by atoms with Gasteiger partial charge in [0, 0.05) is 16.6 Å². The first-order chi connectivity index (χ1) is 19.0. The molecule has 0 bridgehead atoms. The zero-order valence-electron chi connectivity index (χ0n) is 23.6. The van der Waals surface area contributed by atoms with Crippen molar-refractivity contribution < 1.29 is 19.4 Å². The van der Waals surface area contributed by atoms with E-state index in [4.69, 9.17) is 16.3 Å². The lowest BCUT2D eigenvalue weighted by Crippen LogP contribution is -2.13. The molecule has 212 valence electrons. The molecule has 1 heterocycles. The fourth-order valence-electron chi connectivity index (χ4n) is 4.38. The van der Waals surface area contributed by atoms with Gasteiger partial charge < -0.3 is 9.84 Å². The number of aromatic nitrogens is 1. The number of rotatable bonds is 16. The molecular formula is C33H44ClNO4. The molecular weight excluding hydrogens is 510 g/mol. The number of hydrogen-bond donors (Lipinski definition) is 1. The molecule has 0 unspecified atom stereocenters. The van der Waals surface area contributed by atoms with Crippen molar-refractivity contribution in [3.8, 4) is 0 Å². The SMILES string of the molecule is CCCCCCCCOC(=O)c1cc(CCCCCCCC)ccc1C(=O)O.Clc1ccc2ncccc2c1. The minimum Gasteiger partial charge on any atom is -0.478 e. The molecule has 0 fully saturated rings. The molecule has 1 aromatic heterocycles. The van der Waals surface area contributed by atoms with Gasteiger partial charge in [-0.2, -0.15) is 0 Å². The van der Waals surface area contributed by atoms with Crippen molar-refractivity contribution in [1.29, 1.82) is 0 Å². The van der Waals surface area contributed by atoms with Gasteiger partial charge in [0.05, 0.1) is 23.3 Å². The molecule has 0 aliphatic rings. The van der Waals surface area contributed by atoms with Crippen molar-refractivity contribution in [2.45, 2.75) is 97.3 Å². The third-order valence-corrected chi connectivity index (χ3v) is 6.88. The van der Waals surface area contributed by atoms with Gasteiger partial charge in [-0.3, -0.25) is 4.98 Å². The number of carboxylic acids is 1. The van der Waals surface area contributed by atoms with Crippen LogP contribution in [0.3, 0.4) is 0 Å². The van der Waals surface area contributed by atoms with Crippen LogP contribution < -0.4 is 0 Å². The molecule has 0 aliphatic carbocycles. The second kappa shape index (κ2) is 19.2. The zero-order chi connectivity index (χ0) is 28.3. The number of aromatic carboxylic acids is 1. The van der Waals surface area contributed by atoms with Crippen LogP contribution >= 0.6 is 11.6 Å². The maximum Gasteiger partial charge on any atom is 0.339 e. The Kier molecular flexibility index (Phi) is 15.9. The third-order valence-electron chi connectivity index (χ3n) is 6.65. The molecule has 0 amide bonds. The number of benzene rings is 2. The molecule has 0 spiro atoms. The quantitative estimate of drug-likeness (QED) is 0.141. The maximum atomic E-state index is 12.4. The summed E-state index contributed by atoms with van der Waals surface area (Å²) in [5, 5.41) is 11.2. The first-order valence-corrected chi connectivity index (χ1v) is 14.9. The van der Waals surface area contributed by atoms with E-state index < -0.39 is 11.9 Å². The van der Waals surface area contributed by atoms with Crippen LogP contribution in [-0.2, 0) is 11.2 Å². The van der Waals surface area contributed by atoms with Crippen LogP contribution in [0.15, 0.2) is 54.7 Å². The summed E-state index contributed by atoms with van der Waals surface area (Å²) in [5.74, 6) is -1.60. The predicted octanol–water partition coefficient (Wildman–Crippen LogP) is 9.69. The number of carbonyl (C=O) groups is 2. The Morgan fingerprint density at radius 1 is 0.795 bits per heavy atom. The average molecular weight is 554 g/mol. The van der Waals surface area contributed by atoms with Crippen LogP contribution in [0.25, 0.3) is 10.9 Å². The topological polar surface area (TPSA) is 76.5 Å². The Bertz CT molecular complexity index is 1150. The molecule has 0 atom stereocenters. The number of hydrogen-bond acceptors (Lipinski definition) is 4. The van der Waals surface area contributed by atoms with Gasteiger partial charge in [0.25, 0.3) is 0 Å². The molecule has 0 radical (unpaired) electrons. The fraction of sp³-hybridized carbons (Fsp3) is 0.485. The largest absolute Gasteiger partial charge is 0.478 e. The van der Waals surface area contributed by atoms with Gasteiger partial charge >= 0.3 is 11.9 Å². The van der Waals surface area contributed by atoms with Gasteiger partial charge in [-0.15, -0.1) is 0 Å². The lowest BCUT2D eigenvalue weighted by Gasteiger charge is -2.10. The normalized spacial score (nSPS) is 10.6. The summed E-state index contributed by atoms with van der Waals surface area (Å²) in [7, 11) is 0. The molecule has 0 saturated carbocycles. The van der Waals surface area contributed by atoms with Gasteiger partial charge in [-0.25, -0.2) is 9.59 Å². The van der Waals surface area contributed by atoms with Crippen molar-refractivity contribution in [1.82, 2.24) is 4.98 Å². The molecule has 3 aromatic rings. The Balaban J connectivity index is 0.000000397. The Hall–Kier alpha value is -2.92. The summed E-state index contributed by atoms with van der Waals surface area (Å²) in [5.41, 5.74) is 2.20. The standard InChI is InChI=1S/C24H38O4.C9H6ClN/c1-3-5-7-9-11-13-15-20-16-17-21(23(25)26)22(19-20)24(27)28-18-14-12-10-8-6-4-2;10-8-3-4-9-7(6-8)2-1-5-11-9/h16-17,19H,3-15,18H2,1-2H3,(H,25,26);1-6H. The number of nitrogens with zero attached hydrogens (tertiary/aromatic N) is 1. The van der Waals surface area contributed by atoms with Crippen LogP contribution in [0.1, 0.15) is 117 Å². The number of ether oxygens (including phenoxy) is 1. The van der Waals surface area contributed by atoms with Crippen LogP contribution in [0, 0.1) is 0 Å². The number of halogens is 1. The average Bonchev–Trinajstić information content (AvgIpc) is 2.94. The highest BCUT2D eigenvalue weighted by Gasteiger charge is 2.18. The number of unbranched alkanes of at least 4 members (excludes halogenated alkanes) is 10. The van der Waals surface area contributed by atoms with Crippen molar-refractivity contribution in [3.05, 3.63) is 76.4 Å².